The first-order valence-electron chi connectivity index (χ1n) is 8.68. The van der Waals surface area contributed by atoms with E-state index in [9.17, 15) is 9.59 Å². The van der Waals surface area contributed by atoms with Crippen LogP contribution in [0.15, 0.2) is 10.2 Å². The standard InChI is InChI=1S/C16H32N4O2/c1-3-5-7-9-11-13-17-15(21)19-20-16(22)18-14-12-10-8-6-4-2/h3-14H2,1-2H3,(H,17,21)(H,18,22). The number of hydrogen-bond acceptors (Lipinski definition) is 2. The Morgan fingerprint density at radius 1 is 0.636 bits per heavy atom. The highest BCUT2D eigenvalue weighted by Gasteiger charge is 2.00. The van der Waals surface area contributed by atoms with Crippen molar-refractivity contribution in [3.63, 3.8) is 0 Å². The molecule has 0 rings (SSSR count). The van der Waals surface area contributed by atoms with Crippen molar-refractivity contribution < 1.29 is 9.59 Å². The van der Waals surface area contributed by atoms with Crippen molar-refractivity contribution in [1.29, 1.82) is 0 Å². The average Bonchev–Trinajstić information content (AvgIpc) is 2.52. The molecule has 0 aliphatic rings. The lowest BCUT2D eigenvalue weighted by Crippen LogP contribution is -2.23. The summed E-state index contributed by atoms with van der Waals surface area (Å²) in [6.07, 6.45) is 11.3. The van der Waals surface area contributed by atoms with E-state index in [-0.39, 0.29) is 0 Å². The van der Waals surface area contributed by atoms with Crippen LogP contribution in [-0.4, -0.2) is 25.2 Å². The number of unbranched alkanes of at least 4 members (excludes halogenated alkanes) is 8. The van der Waals surface area contributed by atoms with Crippen molar-refractivity contribution in [2.45, 2.75) is 78.1 Å². The SMILES string of the molecule is CCCCCCCNC(=O)N=NC(=O)NCCCCCCC. The molecule has 4 amide bonds. The quantitative estimate of drug-likeness (QED) is 0.401. The Bertz CT molecular complexity index is 289. The van der Waals surface area contributed by atoms with Crippen LogP contribution in [0.5, 0.6) is 0 Å². The number of hydrogen-bond donors (Lipinski definition) is 2. The first-order valence-corrected chi connectivity index (χ1v) is 8.68. The molecule has 0 aromatic carbocycles. The molecule has 0 atom stereocenters. The second-order valence-corrected chi connectivity index (χ2v) is 5.49. The highest BCUT2D eigenvalue weighted by atomic mass is 16.2. The minimum absolute atomic E-state index is 0.548. The van der Waals surface area contributed by atoms with E-state index in [1.807, 2.05) is 0 Å². The second kappa shape index (κ2) is 15.9. The molecule has 0 spiro atoms. The van der Waals surface area contributed by atoms with Gasteiger partial charge in [0.05, 0.1) is 0 Å². The van der Waals surface area contributed by atoms with E-state index in [1.165, 1.54) is 38.5 Å². The molecule has 6 nitrogen and oxygen atoms in total. The predicted molar refractivity (Wildman–Crippen MR) is 89.2 cm³/mol. The van der Waals surface area contributed by atoms with Crippen LogP contribution in [0.25, 0.3) is 0 Å². The number of carbonyl (C=O) groups is 2. The molecule has 0 aromatic rings. The Kier molecular flexibility index (Phi) is 14.9. The van der Waals surface area contributed by atoms with Gasteiger partial charge in [0.2, 0.25) is 0 Å². The molecule has 0 radical (unpaired) electrons. The van der Waals surface area contributed by atoms with E-state index in [4.69, 9.17) is 0 Å². The molecule has 0 aliphatic carbocycles. The Morgan fingerprint density at radius 3 is 1.36 bits per heavy atom. The third-order valence-electron chi connectivity index (χ3n) is 3.34. The number of urea groups is 2. The van der Waals surface area contributed by atoms with Crippen LogP contribution in [0, 0.1) is 0 Å². The number of azo groups is 1. The summed E-state index contributed by atoms with van der Waals surface area (Å²) in [6.45, 7) is 5.50. The minimum atomic E-state index is -0.548. The molecule has 6 heteroatoms. The summed E-state index contributed by atoms with van der Waals surface area (Å²) < 4.78 is 0. The summed E-state index contributed by atoms with van der Waals surface area (Å²) in [6, 6.07) is -1.10. The number of nitrogens with one attached hydrogen (secondary N) is 2. The third-order valence-corrected chi connectivity index (χ3v) is 3.34. The Morgan fingerprint density at radius 2 is 1.00 bits per heavy atom. The predicted octanol–water partition coefficient (Wildman–Crippen LogP) is 4.80. The van der Waals surface area contributed by atoms with Gasteiger partial charge in [-0.1, -0.05) is 75.4 Å². The van der Waals surface area contributed by atoms with Gasteiger partial charge in [0.25, 0.3) is 0 Å². The maximum absolute atomic E-state index is 11.3. The van der Waals surface area contributed by atoms with E-state index >= 15 is 0 Å². The van der Waals surface area contributed by atoms with Crippen molar-refractivity contribution in [2.24, 2.45) is 10.2 Å². The summed E-state index contributed by atoms with van der Waals surface area (Å²) in [4.78, 5) is 22.7. The molecule has 0 bridgehead atoms. The van der Waals surface area contributed by atoms with Gasteiger partial charge in [-0.3, -0.25) is 0 Å². The number of carbonyl (C=O) groups excluding carboxylic acids is 2. The van der Waals surface area contributed by atoms with Gasteiger partial charge in [0, 0.05) is 13.1 Å². The molecule has 2 N–H and O–H groups in total. The lowest BCUT2D eigenvalue weighted by molar-refractivity contribution is 0.241. The van der Waals surface area contributed by atoms with Crippen molar-refractivity contribution in [1.82, 2.24) is 10.6 Å². The Balaban J connectivity index is 3.51. The van der Waals surface area contributed by atoms with Gasteiger partial charge in [-0.15, -0.1) is 0 Å². The third kappa shape index (κ3) is 14.9. The molecule has 0 saturated carbocycles. The number of nitrogens with zero attached hydrogens (tertiary/aromatic N) is 2. The summed E-state index contributed by atoms with van der Waals surface area (Å²) in [7, 11) is 0. The highest BCUT2D eigenvalue weighted by molar-refractivity contribution is 5.79. The average molecular weight is 312 g/mol. The molecule has 0 heterocycles. The second-order valence-electron chi connectivity index (χ2n) is 5.49. The van der Waals surface area contributed by atoms with Crippen molar-refractivity contribution in [3.05, 3.63) is 0 Å². The topological polar surface area (TPSA) is 82.9 Å². The fourth-order valence-electron chi connectivity index (χ4n) is 2.01. The largest absolute Gasteiger partial charge is 0.359 e. The van der Waals surface area contributed by atoms with Crippen LogP contribution in [0.4, 0.5) is 9.59 Å². The van der Waals surface area contributed by atoms with E-state index in [0.29, 0.717) is 13.1 Å². The summed E-state index contributed by atoms with van der Waals surface area (Å²) in [5, 5.41) is 12.0. The van der Waals surface area contributed by atoms with E-state index < -0.39 is 12.1 Å². The van der Waals surface area contributed by atoms with Gasteiger partial charge in [-0.25, -0.2) is 9.59 Å². The lowest BCUT2D eigenvalue weighted by Gasteiger charge is -2.02. The van der Waals surface area contributed by atoms with Gasteiger partial charge >= 0.3 is 12.1 Å². The molecule has 128 valence electrons. The van der Waals surface area contributed by atoms with Gasteiger partial charge in [0.1, 0.15) is 0 Å². The van der Waals surface area contributed by atoms with Gasteiger partial charge in [-0.05, 0) is 12.8 Å². The molecule has 0 saturated heterocycles. The maximum atomic E-state index is 11.3. The van der Waals surface area contributed by atoms with Gasteiger partial charge < -0.3 is 10.6 Å². The fraction of sp³-hybridized carbons (Fsp3) is 0.875. The van der Waals surface area contributed by atoms with Crippen LogP contribution in [0.2, 0.25) is 0 Å². The Labute approximate surface area is 134 Å². The fourth-order valence-corrected chi connectivity index (χ4v) is 2.01. The summed E-state index contributed by atoms with van der Waals surface area (Å²) in [5.74, 6) is 0. The molecular weight excluding hydrogens is 280 g/mol. The Hall–Kier alpha value is -1.46. The van der Waals surface area contributed by atoms with Crippen molar-refractivity contribution in [3.8, 4) is 0 Å². The lowest BCUT2D eigenvalue weighted by atomic mass is 10.1. The van der Waals surface area contributed by atoms with Crippen molar-refractivity contribution in [2.75, 3.05) is 13.1 Å². The molecule has 0 aliphatic heterocycles. The minimum Gasteiger partial charge on any atom is -0.335 e. The summed E-state index contributed by atoms with van der Waals surface area (Å²) >= 11 is 0. The summed E-state index contributed by atoms with van der Waals surface area (Å²) in [5.41, 5.74) is 0. The maximum Gasteiger partial charge on any atom is 0.359 e. The van der Waals surface area contributed by atoms with Gasteiger partial charge in [-0.2, -0.15) is 0 Å². The van der Waals surface area contributed by atoms with Gasteiger partial charge in [0.15, 0.2) is 0 Å². The smallest absolute Gasteiger partial charge is 0.335 e. The zero-order chi connectivity index (χ0) is 16.5. The molecule has 0 fully saturated rings. The zero-order valence-electron chi connectivity index (χ0n) is 14.2. The first kappa shape index (κ1) is 20.5. The zero-order valence-corrected chi connectivity index (χ0v) is 14.2. The van der Waals surface area contributed by atoms with Crippen molar-refractivity contribution >= 4 is 12.1 Å². The number of rotatable bonds is 12. The monoisotopic (exact) mass is 312 g/mol. The van der Waals surface area contributed by atoms with E-state index in [2.05, 4.69) is 34.7 Å². The molecule has 0 unspecified atom stereocenters. The van der Waals surface area contributed by atoms with Crippen LogP contribution in [-0.2, 0) is 0 Å². The van der Waals surface area contributed by atoms with E-state index in [0.717, 1.165) is 25.7 Å². The van der Waals surface area contributed by atoms with Crippen LogP contribution in [0.1, 0.15) is 78.1 Å². The normalized spacial score (nSPS) is 10.8. The highest BCUT2D eigenvalue weighted by Crippen LogP contribution is 2.02. The van der Waals surface area contributed by atoms with Crippen LogP contribution in [0.3, 0.4) is 0 Å². The van der Waals surface area contributed by atoms with Crippen LogP contribution >= 0.6 is 0 Å². The van der Waals surface area contributed by atoms with E-state index in [1.54, 1.807) is 0 Å². The van der Waals surface area contributed by atoms with Crippen LogP contribution < -0.4 is 10.6 Å². The molecular formula is C16H32N4O2. The first-order chi connectivity index (χ1) is 10.7. The molecule has 0 aromatic heterocycles. The molecule has 22 heavy (non-hydrogen) atoms. The number of amides is 4.